The van der Waals surface area contributed by atoms with E-state index in [1.54, 1.807) is 12.1 Å². The van der Waals surface area contributed by atoms with E-state index in [4.69, 9.17) is 5.14 Å². The zero-order valence-corrected chi connectivity index (χ0v) is 20.9. The molecule has 0 radical (unpaired) electrons. The third kappa shape index (κ3) is 5.91. The molecule has 1 unspecified atom stereocenters. The monoisotopic (exact) mass is 475 g/mol. The van der Waals surface area contributed by atoms with Crippen LogP contribution in [-0.2, 0) is 33.0 Å². The summed E-state index contributed by atoms with van der Waals surface area (Å²) in [5, 5.41) is 35.5. The van der Waals surface area contributed by atoms with E-state index in [9.17, 15) is 24.5 Å². The summed E-state index contributed by atoms with van der Waals surface area (Å²) in [6, 6.07) is 5.76. The first kappa shape index (κ1) is 26.4. The van der Waals surface area contributed by atoms with Crippen LogP contribution in [0.4, 0.5) is 0 Å². The molecule has 32 heavy (non-hydrogen) atoms. The van der Waals surface area contributed by atoms with Crippen LogP contribution in [0.5, 0.6) is 0 Å². The van der Waals surface area contributed by atoms with Crippen molar-refractivity contribution in [2.45, 2.75) is 76.2 Å². The Morgan fingerprint density at radius 3 is 2.22 bits per heavy atom. The van der Waals surface area contributed by atoms with E-state index < -0.39 is 27.4 Å². The molecule has 1 atom stereocenters. The Balaban J connectivity index is 2.56. The van der Waals surface area contributed by atoms with Gasteiger partial charge in [-0.25, -0.2) is 0 Å². The molecule has 4 N–H and O–H groups in total. The number of aliphatic hydroxyl groups excluding tert-OH is 1. The molecule has 7 nitrogen and oxygen atoms in total. The van der Waals surface area contributed by atoms with Crippen molar-refractivity contribution < 1.29 is 19.2 Å². The predicted molar refractivity (Wildman–Crippen MR) is 128 cm³/mol. The molecule has 0 aliphatic heterocycles. The van der Waals surface area contributed by atoms with Crippen LogP contribution in [0.25, 0.3) is 0 Å². The van der Waals surface area contributed by atoms with Crippen molar-refractivity contribution in [1.29, 1.82) is 5.26 Å². The molecule has 0 bridgehead atoms. The number of nitrogens with zero attached hydrogens (tertiary/aromatic N) is 2. The minimum atomic E-state index is -3.43. The fourth-order valence-electron chi connectivity index (χ4n) is 3.43. The van der Waals surface area contributed by atoms with Crippen molar-refractivity contribution in [3.8, 4) is 6.07 Å². The van der Waals surface area contributed by atoms with Crippen LogP contribution in [0.1, 0.15) is 86.3 Å². The minimum absolute atomic E-state index is 0.00740. The fourth-order valence-corrected chi connectivity index (χ4v) is 6.20. The number of carbonyl (C=O) groups is 1. The number of nitriles is 1. The second-order valence-electron chi connectivity index (χ2n) is 8.93. The molecule has 0 aliphatic carbocycles. The number of hydrogen-bond donors (Lipinski definition) is 3. The average molecular weight is 475 g/mol. The zero-order chi connectivity index (χ0) is 24.4. The first-order valence-electron chi connectivity index (χ1n) is 10.3. The van der Waals surface area contributed by atoms with Crippen LogP contribution in [0.2, 0.25) is 0 Å². The van der Waals surface area contributed by atoms with Gasteiger partial charge in [0.25, 0.3) is 0 Å². The molecule has 0 saturated heterocycles. The van der Waals surface area contributed by atoms with E-state index in [1.807, 2.05) is 27.7 Å². The number of aliphatic hydroxyl groups is 2. The molecule has 172 valence electrons. The van der Waals surface area contributed by atoms with E-state index in [-0.39, 0.29) is 33.2 Å². The Morgan fingerprint density at radius 1 is 1.28 bits per heavy atom. The Kier molecular flexibility index (Phi) is 8.18. The second-order valence-corrected chi connectivity index (χ2v) is 12.1. The summed E-state index contributed by atoms with van der Waals surface area (Å²) in [6.45, 7) is 10.5. The maximum atomic E-state index is 13.3. The van der Waals surface area contributed by atoms with Crippen molar-refractivity contribution in [2.24, 2.45) is 5.14 Å². The van der Waals surface area contributed by atoms with Gasteiger partial charge in [-0.2, -0.15) is 0 Å². The standard InChI is InChI=1S/C22H30BN3O4S2/c1-12(2)15-7-14(10-24)8-16(13(3)4)17(15)9-19(28)23-32(25,30)20-18(11-27)26-21(31-20)22(5,6)29/h7-8,12-13,27,29H,9,11H2,1-6H3,(H2,25,30). The van der Waals surface area contributed by atoms with E-state index in [0.717, 1.165) is 34.2 Å². The molecule has 1 aromatic heterocycles. The molecule has 2 rings (SSSR count). The van der Waals surface area contributed by atoms with Gasteiger partial charge in [0.1, 0.15) is 0 Å². The number of rotatable bonds is 8. The quantitative estimate of drug-likeness (QED) is 0.502. The first-order chi connectivity index (χ1) is 14.7. The molecule has 0 spiro atoms. The van der Waals surface area contributed by atoms with Crippen molar-refractivity contribution in [3.05, 3.63) is 45.1 Å². The van der Waals surface area contributed by atoms with E-state index >= 15 is 0 Å². The van der Waals surface area contributed by atoms with Gasteiger partial charge in [-0.15, -0.1) is 0 Å². The van der Waals surface area contributed by atoms with Crippen molar-refractivity contribution in [2.75, 3.05) is 0 Å². The second kappa shape index (κ2) is 9.93. The summed E-state index contributed by atoms with van der Waals surface area (Å²) in [7, 11) is -3.43. The first-order valence-corrected chi connectivity index (χ1v) is 12.8. The molecular formula is C22H30BN3O4S2. The summed E-state index contributed by atoms with van der Waals surface area (Å²) in [5.74, 6) is 0.172. The molecule has 0 amide bonds. The summed E-state index contributed by atoms with van der Waals surface area (Å²) >= 11 is 0.926. The average Bonchev–Trinajstić information content (AvgIpc) is 3.13. The Morgan fingerprint density at radius 2 is 1.81 bits per heavy atom. The topological polar surface area (TPSA) is 137 Å². The van der Waals surface area contributed by atoms with Gasteiger partial charge in [0.05, 0.1) is 0 Å². The number of carbonyl (C=O) groups excluding carboxylic acids is 1. The molecule has 1 heterocycles. The summed E-state index contributed by atoms with van der Waals surface area (Å²) < 4.78 is 13.4. The number of thiazole rings is 1. The number of nitrogens with two attached hydrogens (primary N) is 1. The number of aromatic nitrogens is 1. The zero-order valence-electron chi connectivity index (χ0n) is 19.3. The van der Waals surface area contributed by atoms with Gasteiger partial charge in [-0.1, -0.05) is 0 Å². The van der Waals surface area contributed by atoms with Gasteiger partial charge in [0.2, 0.25) is 0 Å². The maximum absolute atomic E-state index is 13.3. The molecular weight excluding hydrogens is 445 g/mol. The Labute approximate surface area is 194 Å². The Bertz CT molecular complexity index is 1150. The summed E-state index contributed by atoms with van der Waals surface area (Å²) in [6.07, 6.45) is 0.993. The third-order valence-corrected chi connectivity index (χ3v) is 8.64. The van der Waals surface area contributed by atoms with Crippen LogP contribution in [0.3, 0.4) is 0 Å². The van der Waals surface area contributed by atoms with Gasteiger partial charge < -0.3 is 0 Å². The summed E-state index contributed by atoms with van der Waals surface area (Å²) in [5.41, 5.74) is 1.52. The van der Waals surface area contributed by atoms with Crippen molar-refractivity contribution >= 4 is 32.7 Å². The summed E-state index contributed by atoms with van der Waals surface area (Å²) in [4.78, 5) is 17.2. The normalized spacial score (nSPS) is 13.7. The molecule has 10 heteroatoms. The third-order valence-electron chi connectivity index (χ3n) is 4.97. The number of hydrogen-bond acceptors (Lipinski definition) is 7. The van der Waals surface area contributed by atoms with Crippen LogP contribution < -0.4 is 5.14 Å². The van der Waals surface area contributed by atoms with Gasteiger partial charge in [0.15, 0.2) is 0 Å². The van der Waals surface area contributed by atoms with Crippen molar-refractivity contribution in [3.63, 3.8) is 0 Å². The molecule has 2 aromatic rings. The molecule has 0 saturated carbocycles. The van der Waals surface area contributed by atoms with Gasteiger partial charge in [0, 0.05) is 0 Å². The number of benzene rings is 1. The van der Waals surface area contributed by atoms with Crippen molar-refractivity contribution in [1.82, 2.24) is 4.98 Å². The van der Waals surface area contributed by atoms with E-state index in [1.165, 1.54) is 13.8 Å². The predicted octanol–water partition coefficient (Wildman–Crippen LogP) is 2.89. The fraction of sp³-hybridized carbons (Fsp3) is 0.500. The van der Waals surface area contributed by atoms with Crippen LogP contribution in [-0.4, -0.2) is 31.2 Å². The van der Waals surface area contributed by atoms with Crippen LogP contribution in [0, 0.1) is 11.3 Å². The van der Waals surface area contributed by atoms with Gasteiger partial charge in [-0.05, 0) is 0 Å². The van der Waals surface area contributed by atoms with E-state index in [2.05, 4.69) is 11.1 Å². The molecule has 0 fully saturated rings. The van der Waals surface area contributed by atoms with Crippen LogP contribution >= 0.6 is 11.3 Å². The van der Waals surface area contributed by atoms with Crippen LogP contribution in [0.15, 0.2) is 16.3 Å². The molecule has 0 aliphatic rings. The van der Waals surface area contributed by atoms with Gasteiger partial charge >= 0.3 is 195 Å². The van der Waals surface area contributed by atoms with Gasteiger partial charge in [-0.3, -0.25) is 0 Å². The molecule has 1 aromatic carbocycles. The Hall–Kier alpha value is -1.90. The SMILES string of the molecule is CC(C)c1cc(C#N)cc(C(C)C)c1CC(=O)B=S(N)(=O)c1sc(C(C)(C)O)nc1CO. The van der Waals surface area contributed by atoms with E-state index in [0.29, 0.717) is 5.56 Å².